The number of nitriles is 1. The zero-order valence-corrected chi connectivity index (χ0v) is 20.1. The molecule has 0 fully saturated rings. The topological polar surface area (TPSA) is 113 Å². The molecule has 2 N–H and O–H groups in total. The number of benzene rings is 2. The molecule has 8 heteroatoms. The second-order valence-electron chi connectivity index (χ2n) is 8.53. The van der Waals surface area contributed by atoms with Crippen LogP contribution in [0.2, 0.25) is 0 Å². The van der Waals surface area contributed by atoms with E-state index in [4.69, 9.17) is 5.26 Å². The van der Waals surface area contributed by atoms with Crippen molar-refractivity contribution in [3.8, 4) is 17.3 Å². The monoisotopic (exact) mass is 478 g/mol. The van der Waals surface area contributed by atoms with Crippen molar-refractivity contribution in [1.29, 1.82) is 5.26 Å². The summed E-state index contributed by atoms with van der Waals surface area (Å²) in [4.78, 5) is 33.8. The van der Waals surface area contributed by atoms with E-state index >= 15 is 0 Å². The lowest BCUT2D eigenvalue weighted by atomic mass is 9.98. The summed E-state index contributed by atoms with van der Waals surface area (Å²) >= 11 is 0. The van der Waals surface area contributed by atoms with Gasteiger partial charge in [0.2, 0.25) is 5.91 Å². The maximum absolute atomic E-state index is 13.3. The fourth-order valence-electron chi connectivity index (χ4n) is 3.74. The van der Waals surface area contributed by atoms with Gasteiger partial charge in [-0.2, -0.15) is 5.26 Å². The summed E-state index contributed by atoms with van der Waals surface area (Å²) in [6, 6.07) is 23.4. The molecule has 2 heterocycles. The molecule has 8 nitrogen and oxygen atoms in total. The van der Waals surface area contributed by atoms with E-state index in [-0.39, 0.29) is 17.4 Å². The average molecular weight is 479 g/mol. The van der Waals surface area contributed by atoms with Crippen LogP contribution in [-0.4, -0.2) is 27.0 Å². The highest BCUT2D eigenvalue weighted by Crippen LogP contribution is 2.21. The van der Waals surface area contributed by atoms with Crippen LogP contribution >= 0.6 is 0 Å². The van der Waals surface area contributed by atoms with Gasteiger partial charge in [0.1, 0.15) is 11.9 Å². The van der Waals surface area contributed by atoms with Gasteiger partial charge in [-0.1, -0.05) is 49.4 Å². The van der Waals surface area contributed by atoms with E-state index in [1.807, 2.05) is 42.5 Å². The smallest absolute Gasteiger partial charge is 0.253 e. The number of pyridine rings is 1. The van der Waals surface area contributed by atoms with E-state index in [9.17, 15) is 9.59 Å². The Labute approximate surface area is 209 Å². The Kier molecular flexibility index (Phi) is 7.63. The normalized spacial score (nSPS) is 12.4. The molecule has 4 rings (SSSR count). The van der Waals surface area contributed by atoms with Crippen molar-refractivity contribution in [2.75, 3.05) is 11.9 Å². The fourth-order valence-corrected chi connectivity index (χ4v) is 3.74. The Morgan fingerprint density at radius 2 is 1.78 bits per heavy atom. The van der Waals surface area contributed by atoms with Crippen LogP contribution in [0.15, 0.2) is 90.1 Å². The largest absolute Gasteiger partial charge is 0.309 e. The Morgan fingerprint density at radius 1 is 1.03 bits per heavy atom. The molecule has 2 atom stereocenters. The maximum Gasteiger partial charge on any atom is 0.253 e. The number of aryl methyl sites for hydroxylation is 1. The summed E-state index contributed by atoms with van der Waals surface area (Å²) < 4.78 is 1.39. The Hall–Kier alpha value is -4.61. The van der Waals surface area contributed by atoms with Gasteiger partial charge in [-0.05, 0) is 41.3 Å². The van der Waals surface area contributed by atoms with Crippen molar-refractivity contribution < 1.29 is 4.79 Å². The molecule has 2 aromatic carbocycles. The van der Waals surface area contributed by atoms with Crippen molar-refractivity contribution >= 4 is 11.7 Å². The number of amides is 1. The van der Waals surface area contributed by atoms with Gasteiger partial charge in [-0.25, -0.2) is 9.97 Å². The van der Waals surface area contributed by atoms with Crippen LogP contribution in [0.1, 0.15) is 35.6 Å². The lowest BCUT2D eigenvalue weighted by Crippen LogP contribution is -2.35. The first-order chi connectivity index (χ1) is 17.4. The van der Waals surface area contributed by atoms with Crippen molar-refractivity contribution in [1.82, 2.24) is 19.9 Å². The lowest BCUT2D eigenvalue weighted by Gasteiger charge is -2.21. The molecule has 0 radical (unpaired) electrons. The number of hydrogen-bond acceptors (Lipinski definition) is 6. The van der Waals surface area contributed by atoms with E-state index in [1.165, 1.54) is 17.0 Å². The van der Waals surface area contributed by atoms with Crippen molar-refractivity contribution in [3.63, 3.8) is 0 Å². The van der Waals surface area contributed by atoms with E-state index in [0.29, 0.717) is 29.2 Å². The van der Waals surface area contributed by atoms with Gasteiger partial charge in [0.05, 0.1) is 23.7 Å². The molecule has 36 heavy (non-hydrogen) atoms. The maximum atomic E-state index is 13.3. The molecule has 0 saturated carbocycles. The van der Waals surface area contributed by atoms with Gasteiger partial charge in [-0.3, -0.25) is 9.59 Å². The molecule has 2 unspecified atom stereocenters. The van der Waals surface area contributed by atoms with Gasteiger partial charge in [0, 0.05) is 31.4 Å². The standard InChI is InChI=1S/C28H26N6O2/c1-19(21-10-8-20(15-29)9-11-21)16-31-27(22-6-4-3-5-7-22)28(36)33-25-13-12-23(17-30-25)24-14-26(35)34(2)18-32-24/h3-14,17-19,27,31H,16H2,1-2H3,(H,30,33,36). The molecule has 0 aliphatic heterocycles. The average Bonchev–Trinajstić information content (AvgIpc) is 2.91. The van der Waals surface area contributed by atoms with Crippen molar-refractivity contribution in [2.45, 2.75) is 18.9 Å². The highest BCUT2D eigenvalue weighted by Gasteiger charge is 2.22. The summed E-state index contributed by atoms with van der Waals surface area (Å²) in [5, 5.41) is 15.3. The summed E-state index contributed by atoms with van der Waals surface area (Å²) in [5.41, 5.74) is 3.57. The van der Waals surface area contributed by atoms with Crippen LogP contribution in [0.4, 0.5) is 5.82 Å². The number of aromatic nitrogens is 3. The Balaban J connectivity index is 1.47. The van der Waals surface area contributed by atoms with Gasteiger partial charge in [0.25, 0.3) is 5.56 Å². The Bertz CT molecular complexity index is 1420. The first-order valence-electron chi connectivity index (χ1n) is 11.5. The molecule has 0 aliphatic rings. The zero-order valence-electron chi connectivity index (χ0n) is 20.1. The Morgan fingerprint density at radius 3 is 2.42 bits per heavy atom. The first kappa shape index (κ1) is 24.5. The second-order valence-corrected chi connectivity index (χ2v) is 8.53. The quantitative estimate of drug-likeness (QED) is 0.398. The van der Waals surface area contributed by atoms with Crippen molar-refractivity contribution in [3.05, 3.63) is 112 Å². The zero-order chi connectivity index (χ0) is 25.5. The van der Waals surface area contributed by atoms with E-state index in [0.717, 1.165) is 11.1 Å². The number of nitrogens with zero attached hydrogens (tertiary/aromatic N) is 4. The SMILES string of the molecule is CC(CNC(C(=O)Nc1ccc(-c2cc(=O)n(C)cn2)cn1)c1ccccc1)c1ccc(C#N)cc1. The summed E-state index contributed by atoms with van der Waals surface area (Å²) in [5.74, 6) is 0.288. The van der Waals surface area contributed by atoms with Gasteiger partial charge < -0.3 is 15.2 Å². The van der Waals surface area contributed by atoms with Crippen LogP contribution in [0.25, 0.3) is 11.3 Å². The highest BCUT2D eigenvalue weighted by atomic mass is 16.2. The molecule has 0 bridgehead atoms. The van der Waals surface area contributed by atoms with E-state index in [2.05, 4.69) is 33.6 Å². The number of carbonyl (C=O) groups excluding carboxylic acids is 1. The number of anilines is 1. The fraction of sp³-hybridized carbons (Fsp3) is 0.179. The minimum atomic E-state index is -0.590. The highest BCUT2D eigenvalue weighted by molar-refractivity contribution is 5.94. The first-order valence-corrected chi connectivity index (χ1v) is 11.5. The molecule has 0 saturated heterocycles. The summed E-state index contributed by atoms with van der Waals surface area (Å²) in [6.07, 6.45) is 3.04. The molecule has 0 spiro atoms. The van der Waals surface area contributed by atoms with Gasteiger partial charge in [-0.15, -0.1) is 0 Å². The van der Waals surface area contributed by atoms with Gasteiger partial charge >= 0.3 is 0 Å². The molecule has 2 aromatic heterocycles. The number of rotatable bonds is 8. The molecular weight excluding hydrogens is 452 g/mol. The number of nitrogens with one attached hydrogen (secondary N) is 2. The number of carbonyl (C=O) groups is 1. The third-order valence-electron chi connectivity index (χ3n) is 5.92. The minimum absolute atomic E-state index is 0.125. The molecule has 4 aromatic rings. The van der Waals surface area contributed by atoms with Crippen LogP contribution in [0.3, 0.4) is 0 Å². The van der Waals surface area contributed by atoms with E-state index in [1.54, 1.807) is 37.5 Å². The second kappa shape index (κ2) is 11.2. The number of hydrogen-bond donors (Lipinski definition) is 2. The molecule has 180 valence electrons. The van der Waals surface area contributed by atoms with Crippen LogP contribution < -0.4 is 16.2 Å². The lowest BCUT2D eigenvalue weighted by molar-refractivity contribution is -0.118. The minimum Gasteiger partial charge on any atom is -0.309 e. The predicted octanol–water partition coefficient (Wildman–Crippen LogP) is 3.79. The molecule has 1 amide bonds. The van der Waals surface area contributed by atoms with Crippen LogP contribution in [-0.2, 0) is 11.8 Å². The summed E-state index contributed by atoms with van der Waals surface area (Å²) in [7, 11) is 1.64. The molecular formula is C28H26N6O2. The third-order valence-corrected chi connectivity index (χ3v) is 5.92. The van der Waals surface area contributed by atoms with Crippen molar-refractivity contribution in [2.24, 2.45) is 7.05 Å². The van der Waals surface area contributed by atoms with Gasteiger partial charge in [0.15, 0.2) is 0 Å². The summed E-state index contributed by atoms with van der Waals surface area (Å²) in [6.45, 7) is 2.62. The van der Waals surface area contributed by atoms with Crippen LogP contribution in [0.5, 0.6) is 0 Å². The van der Waals surface area contributed by atoms with Crippen LogP contribution in [0, 0.1) is 11.3 Å². The third kappa shape index (κ3) is 5.90. The van der Waals surface area contributed by atoms with E-state index < -0.39 is 6.04 Å². The predicted molar refractivity (Wildman–Crippen MR) is 138 cm³/mol. The molecule has 0 aliphatic carbocycles.